The van der Waals surface area contributed by atoms with Gasteiger partial charge in [-0.25, -0.2) is 0 Å². The molecule has 0 saturated heterocycles. The molecule has 2 aromatic carbocycles. The van der Waals surface area contributed by atoms with E-state index in [1.807, 2.05) is 67.6 Å². The molecule has 0 bridgehead atoms. The summed E-state index contributed by atoms with van der Waals surface area (Å²) in [6, 6.07) is 21.9. The fourth-order valence-corrected chi connectivity index (χ4v) is 3.05. The first kappa shape index (κ1) is 14.1. The van der Waals surface area contributed by atoms with E-state index >= 15 is 0 Å². The van der Waals surface area contributed by atoms with Crippen LogP contribution in [-0.2, 0) is 4.79 Å². The van der Waals surface area contributed by atoms with Crippen molar-refractivity contribution in [2.75, 3.05) is 0 Å². The molecule has 3 heteroatoms. The summed E-state index contributed by atoms with van der Waals surface area (Å²) in [5.74, 6) is -1.20. The van der Waals surface area contributed by atoms with Crippen molar-refractivity contribution in [2.45, 2.75) is 12.8 Å². The lowest BCUT2D eigenvalue weighted by atomic mass is 9.75. The average Bonchev–Trinajstić information content (AvgIpc) is 2.56. The minimum Gasteiger partial charge on any atom is -0.329 e. The lowest BCUT2D eigenvalue weighted by Crippen LogP contribution is -2.38. The van der Waals surface area contributed by atoms with Crippen molar-refractivity contribution >= 4 is 11.5 Å². The highest BCUT2D eigenvalue weighted by Crippen LogP contribution is 2.41. The van der Waals surface area contributed by atoms with E-state index in [-0.39, 0.29) is 11.8 Å². The molecular formula is C19H16N2O. The SMILES string of the molecule is CC1=C(c2ccccc2)C(c2ccccc2)C(C#N)C(=O)N1. The molecule has 0 fully saturated rings. The van der Waals surface area contributed by atoms with Crippen molar-refractivity contribution < 1.29 is 4.79 Å². The smallest absolute Gasteiger partial charge is 0.242 e. The van der Waals surface area contributed by atoms with Crippen molar-refractivity contribution in [1.82, 2.24) is 5.32 Å². The summed E-state index contributed by atoms with van der Waals surface area (Å²) < 4.78 is 0. The molecule has 1 N–H and O–H groups in total. The van der Waals surface area contributed by atoms with Crippen LogP contribution in [0.3, 0.4) is 0 Å². The Morgan fingerprint density at radius 1 is 1.00 bits per heavy atom. The third kappa shape index (κ3) is 2.40. The monoisotopic (exact) mass is 288 g/mol. The number of benzene rings is 2. The second-order valence-corrected chi connectivity index (χ2v) is 5.39. The molecular weight excluding hydrogens is 272 g/mol. The van der Waals surface area contributed by atoms with E-state index in [2.05, 4.69) is 11.4 Å². The molecule has 1 aliphatic heterocycles. The van der Waals surface area contributed by atoms with Crippen molar-refractivity contribution in [1.29, 1.82) is 5.26 Å². The van der Waals surface area contributed by atoms with Gasteiger partial charge < -0.3 is 5.32 Å². The average molecular weight is 288 g/mol. The second-order valence-electron chi connectivity index (χ2n) is 5.39. The van der Waals surface area contributed by atoms with Crippen LogP contribution in [0.4, 0.5) is 0 Å². The highest BCUT2D eigenvalue weighted by Gasteiger charge is 2.38. The number of amides is 1. The molecule has 0 aliphatic carbocycles. The summed E-state index contributed by atoms with van der Waals surface area (Å²) in [5.41, 5.74) is 3.85. The fourth-order valence-electron chi connectivity index (χ4n) is 3.05. The van der Waals surface area contributed by atoms with Gasteiger partial charge in [0.25, 0.3) is 0 Å². The van der Waals surface area contributed by atoms with Crippen LogP contribution in [0, 0.1) is 17.2 Å². The van der Waals surface area contributed by atoms with Crippen LogP contribution in [0.25, 0.3) is 5.57 Å². The van der Waals surface area contributed by atoms with E-state index in [0.717, 1.165) is 22.4 Å². The molecule has 22 heavy (non-hydrogen) atoms. The third-order valence-corrected chi connectivity index (χ3v) is 4.02. The van der Waals surface area contributed by atoms with Crippen LogP contribution in [0.15, 0.2) is 66.4 Å². The fraction of sp³-hybridized carbons (Fsp3) is 0.158. The summed E-state index contributed by atoms with van der Waals surface area (Å²) in [4.78, 5) is 12.2. The number of nitriles is 1. The first-order valence-corrected chi connectivity index (χ1v) is 7.24. The molecule has 2 unspecified atom stereocenters. The normalized spacial score (nSPS) is 21.2. The number of rotatable bonds is 2. The topological polar surface area (TPSA) is 52.9 Å². The number of carbonyl (C=O) groups excluding carboxylic acids is 1. The number of nitrogens with one attached hydrogen (secondary N) is 1. The molecule has 2 aromatic rings. The van der Waals surface area contributed by atoms with Crippen LogP contribution in [0.2, 0.25) is 0 Å². The highest BCUT2D eigenvalue weighted by atomic mass is 16.2. The Kier molecular flexibility index (Phi) is 3.76. The first-order valence-electron chi connectivity index (χ1n) is 7.24. The van der Waals surface area contributed by atoms with Gasteiger partial charge in [0.05, 0.1) is 6.07 Å². The predicted octanol–water partition coefficient (Wildman–Crippen LogP) is 3.47. The Morgan fingerprint density at radius 3 is 2.18 bits per heavy atom. The van der Waals surface area contributed by atoms with Gasteiger partial charge in [0.2, 0.25) is 5.91 Å². The standard InChI is InChI=1S/C19H16N2O/c1-13-17(14-8-4-2-5-9-14)18(15-10-6-3-7-11-15)16(12-20)19(22)21-13/h2-11,16,18H,1H3,(H,21,22). The zero-order valence-corrected chi connectivity index (χ0v) is 12.3. The van der Waals surface area contributed by atoms with E-state index < -0.39 is 5.92 Å². The summed E-state index contributed by atoms with van der Waals surface area (Å²) in [7, 11) is 0. The van der Waals surface area contributed by atoms with Gasteiger partial charge >= 0.3 is 0 Å². The number of hydrogen-bond acceptors (Lipinski definition) is 2. The number of nitrogens with zero attached hydrogens (tertiary/aromatic N) is 1. The lowest BCUT2D eigenvalue weighted by molar-refractivity contribution is -0.123. The second kappa shape index (κ2) is 5.87. The number of allylic oxidation sites excluding steroid dienone is 2. The van der Waals surface area contributed by atoms with E-state index in [1.165, 1.54) is 0 Å². The lowest BCUT2D eigenvalue weighted by Gasteiger charge is -2.31. The van der Waals surface area contributed by atoms with E-state index in [9.17, 15) is 10.1 Å². The van der Waals surface area contributed by atoms with Gasteiger partial charge in [0, 0.05) is 11.6 Å². The first-order chi connectivity index (χ1) is 10.7. The van der Waals surface area contributed by atoms with Crippen molar-refractivity contribution in [3.05, 3.63) is 77.5 Å². The van der Waals surface area contributed by atoms with Crippen LogP contribution in [-0.4, -0.2) is 5.91 Å². The third-order valence-electron chi connectivity index (χ3n) is 4.02. The minimum atomic E-state index is -0.721. The zero-order valence-electron chi connectivity index (χ0n) is 12.3. The van der Waals surface area contributed by atoms with Crippen LogP contribution in [0.1, 0.15) is 24.0 Å². The van der Waals surface area contributed by atoms with Gasteiger partial charge in [0.1, 0.15) is 5.92 Å². The van der Waals surface area contributed by atoms with Crippen molar-refractivity contribution in [3.8, 4) is 6.07 Å². The van der Waals surface area contributed by atoms with Gasteiger partial charge in [-0.3, -0.25) is 4.79 Å². The summed E-state index contributed by atoms with van der Waals surface area (Å²) >= 11 is 0. The van der Waals surface area contributed by atoms with Crippen molar-refractivity contribution in [2.24, 2.45) is 5.92 Å². The zero-order chi connectivity index (χ0) is 15.5. The Balaban J connectivity index is 2.21. The van der Waals surface area contributed by atoms with Gasteiger partial charge in [-0.1, -0.05) is 60.7 Å². The Morgan fingerprint density at radius 2 is 1.59 bits per heavy atom. The molecule has 1 heterocycles. The van der Waals surface area contributed by atoms with Crippen LogP contribution in [0.5, 0.6) is 0 Å². The van der Waals surface area contributed by atoms with Gasteiger partial charge in [-0.15, -0.1) is 0 Å². The minimum absolute atomic E-state index is 0.228. The molecule has 0 saturated carbocycles. The van der Waals surface area contributed by atoms with E-state index in [1.54, 1.807) is 0 Å². The maximum atomic E-state index is 12.2. The van der Waals surface area contributed by atoms with Crippen LogP contribution < -0.4 is 5.32 Å². The van der Waals surface area contributed by atoms with E-state index in [0.29, 0.717) is 0 Å². The number of carbonyl (C=O) groups is 1. The molecule has 3 rings (SSSR count). The Labute approximate surface area is 129 Å². The van der Waals surface area contributed by atoms with Crippen molar-refractivity contribution in [3.63, 3.8) is 0 Å². The molecule has 2 atom stereocenters. The molecule has 1 amide bonds. The summed E-state index contributed by atoms with van der Waals surface area (Å²) in [5, 5.41) is 12.4. The molecule has 0 radical (unpaired) electrons. The summed E-state index contributed by atoms with van der Waals surface area (Å²) in [6.45, 7) is 1.89. The Bertz CT molecular complexity index is 757. The summed E-state index contributed by atoms with van der Waals surface area (Å²) in [6.07, 6.45) is 0. The largest absolute Gasteiger partial charge is 0.329 e. The predicted molar refractivity (Wildman–Crippen MR) is 85.5 cm³/mol. The molecule has 108 valence electrons. The van der Waals surface area contributed by atoms with Crippen LogP contribution >= 0.6 is 0 Å². The molecule has 0 spiro atoms. The quantitative estimate of drug-likeness (QED) is 0.920. The Hall–Kier alpha value is -2.86. The maximum Gasteiger partial charge on any atom is 0.242 e. The number of hydrogen-bond donors (Lipinski definition) is 1. The van der Waals surface area contributed by atoms with Gasteiger partial charge in [-0.2, -0.15) is 5.26 Å². The van der Waals surface area contributed by atoms with Gasteiger partial charge in [-0.05, 0) is 23.6 Å². The molecule has 1 aliphatic rings. The highest BCUT2D eigenvalue weighted by molar-refractivity contribution is 5.93. The molecule has 0 aromatic heterocycles. The maximum absolute atomic E-state index is 12.2. The molecule has 3 nitrogen and oxygen atoms in total. The van der Waals surface area contributed by atoms with Gasteiger partial charge in [0.15, 0.2) is 0 Å². The van der Waals surface area contributed by atoms with E-state index in [4.69, 9.17) is 0 Å².